The minimum absolute atomic E-state index is 0.352. The first-order chi connectivity index (χ1) is 6.37. The van der Waals surface area contributed by atoms with Crippen LogP contribution >= 0.6 is 23.2 Å². The zero-order valence-electron chi connectivity index (χ0n) is 7.79. The molecule has 1 rings (SSSR count). The van der Waals surface area contributed by atoms with Crippen LogP contribution in [-0.4, -0.2) is 25.3 Å². The van der Waals surface area contributed by atoms with Gasteiger partial charge in [-0.05, 0) is 12.1 Å². The number of amides is 1. The molecule has 0 saturated heterocycles. The first kappa shape index (κ1) is 11.3. The summed E-state index contributed by atoms with van der Waals surface area (Å²) in [6.07, 6.45) is -1.01. The number of carbonyl (C=O) groups is 1. The summed E-state index contributed by atoms with van der Waals surface area (Å²) in [7, 11) is 3.02. The van der Waals surface area contributed by atoms with Gasteiger partial charge in [-0.3, -0.25) is 0 Å². The highest BCUT2D eigenvalue weighted by molar-refractivity contribution is 6.39. The van der Waals surface area contributed by atoms with Gasteiger partial charge >= 0.3 is 6.09 Å². The fourth-order valence-electron chi connectivity index (χ4n) is 1.12. The second-order valence-electron chi connectivity index (χ2n) is 3.31. The second-order valence-corrected chi connectivity index (χ2v) is 4.12. The summed E-state index contributed by atoms with van der Waals surface area (Å²) >= 11 is 11.8. The Bertz CT molecular complexity index is 357. The van der Waals surface area contributed by atoms with Crippen molar-refractivity contribution in [3.63, 3.8) is 0 Å². The zero-order valence-corrected chi connectivity index (χ0v) is 9.30. The largest absolute Gasteiger partial charge is 0.518 e. The molecule has 0 unspecified atom stereocenters. The Labute approximate surface area is 92.1 Å². The van der Waals surface area contributed by atoms with Gasteiger partial charge in [0, 0.05) is 0 Å². The molecule has 1 amide bonds. The zero-order chi connectivity index (χ0) is 10.9. The van der Waals surface area contributed by atoms with Crippen LogP contribution in [0.15, 0.2) is 18.2 Å². The molecule has 3 nitrogen and oxygen atoms in total. The van der Waals surface area contributed by atoms with Crippen molar-refractivity contribution in [3.8, 4) is 0 Å². The van der Waals surface area contributed by atoms with Gasteiger partial charge in [-0.15, -0.1) is 0 Å². The van der Waals surface area contributed by atoms with Crippen LogP contribution < -0.4 is 4.48 Å². The number of quaternary nitrogens is 1. The first-order valence-electron chi connectivity index (χ1n) is 3.89. The number of para-hydroxylation sites is 1. The average molecular weight is 235 g/mol. The lowest BCUT2D eigenvalue weighted by Crippen LogP contribution is -2.45. The summed E-state index contributed by atoms with van der Waals surface area (Å²) in [6, 6.07) is 4.91. The van der Waals surface area contributed by atoms with Crippen molar-refractivity contribution in [2.45, 2.75) is 0 Å². The Balaban J connectivity index is 3.38. The Morgan fingerprint density at radius 3 is 2.07 bits per heavy atom. The predicted octanol–water partition coefficient (Wildman–Crippen LogP) is 3.24. The van der Waals surface area contributed by atoms with E-state index in [1.165, 1.54) is 14.1 Å². The number of carboxylic acid groups (broad SMARTS) is 1. The van der Waals surface area contributed by atoms with Gasteiger partial charge < -0.3 is 5.11 Å². The van der Waals surface area contributed by atoms with Gasteiger partial charge in [-0.25, -0.2) is 0 Å². The van der Waals surface area contributed by atoms with Gasteiger partial charge in [0.05, 0.1) is 14.1 Å². The smallest absolute Gasteiger partial charge is 0.435 e. The number of halogens is 2. The maximum Gasteiger partial charge on any atom is 0.518 e. The lowest BCUT2D eigenvalue weighted by molar-refractivity contribution is 0.165. The molecule has 0 heterocycles. The third-order valence-corrected chi connectivity index (χ3v) is 2.58. The molecule has 0 saturated carbocycles. The standard InChI is InChI=1S/C9H9Cl2NO2/c1-12(2,9(13)14)8-6(10)4-3-5-7(8)11/h3-5H,1-2H3/p+1. The molecule has 0 fully saturated rings. The van der Waals surface area contributed by atoms with Crippen LogP contribution in [0.3, 0.4) is 0 Å². The maximum atomic E-state index is 11.0. The number of hydrogen-bond acceptors (Lipinski definition) is 1. The van der Waals surface area contributed by atoms with E-state index in [1.807, 2.05) is 0 Å². The van der Waals surface area contributed by atoms with Crippen molar-refractivity contribution in [2.24, 2.45) is 0 Å². The van der Waals surface area contributed by atoms with Crippen LogP contribution in [0.2, 0.25) is 10.0 Å². The van der Waals surface area contributed by atoms with Crippen LogP contribution in [0, 0.1) is 0 Å². The fraction of sp³-hybridized carbons (Fsp3) is 0.222. The highest BCUT2D eigenvalue weighted by Gasteiger charge is 2.33. The van der Waals surface area contributed by atoms with Crippen LogP contribution in [0.1, 0.15) is 0 Å². The summed E-state index contributed by atoms with van der Waals surface area (Å²) in [6.45, 7) is 0. The molecule has 0 aliphatic carbocycles. The van der Waals surface area contributed by atoms with E-state index in [1.54, 1.807) is 18.2 Å². The van der Waals surface area contributed by atoms with E-state index in [9.17, 15) is 4.79 Å². The van der Waals surface area contributed by atoms with Gasteiger partial charge in [0.25, 0.3) is 0 Å². The molecule has 1 N–H and O–H groups in total. The van der Waals surface area contributed by atoms with E-state index in [4.69, 9.17) is 28.3 Å². The molecule has 76 valence electrons. The van der Waals surface area contributed by atoms with Crippen LogP contribution in [0.4, 0.5) is 10.5 Å². The molecule has 1 aromatic carbocycles. The van der Waals surface area contributed by atoms with E-state index in [0.29, 0.717) is 15.7 Å². The molecule has 5 heteroatoms. The van der Waals surface area contributed by atoms with Crippen molar-refractivity contribution in [1.82, 2.24) is 4.48 Å². The molecular weight excluding hydrogens is 225 g/mol. The second kappa shape index (κ2) is 3.77. The molecule has 14 heavy (non-hydrogen) atoms. The normalized spacial score (nSPS) is 11.4. The number of hydrogen-bond donors (Lipinski definition) is 1. The monoisotopic (exact) mass is 234 g/mol. The first-order valence-corrected chi connectivity index (χ1v) is 4.65. The molecule has 0 radical (unpaired) electrons. The van der Waals surface area contributed by atoms with Crippen LogP contribution in [0.5, 0.6) is 0 Å². The van der Waals surface area contributed by atoms with Crippen molar-refractivity contribution < 1.29 is 9.90 Å². The molecule has 0 aliphatic rings. The van der Waals surface area contributed by atoms with Gasteiger partial charge in [-0.1, -0.05) is 29.3 Å². The maximum absolute atomic E-state index is 11.0. The number of nitrogens with zero attached hydrogens (tertiary/aromatic N) is 1. The minimum atomic E-state index is -1.01. The Morgan fingerprint density at radius 1 is 1.29 bits per heavy atom. The lowest BCUT2D eigenvalue weighted by atomic mass is 10.2. The van der Waals surface area contributed by atoms with E-state index in [-0.39, 0.29) is 0 Å². The Morgan fingerprint density at radius 2 is 1.71 bits per heavy atom. The van der Waals surface area contributed by atoms with E-state index in [0.717, 1.165) is 0 Å². The molecule has 0 spiro atoms. The summed E-state index contributed by atoms with van der Waals surface area (Å²) in [5.74, 6) is 0. The molecule has 0 aromatic heterocycles. The lowest BCUT2D eigenvalue weighted by Gasteiger charge is -2.23. The Kier molecular flexibility index (Phi) is 3.04. The molecule has 0 bridgehead atoms. The van der Waals surface area contributed by atoms with Crippen molar-refractivity contribution in [2.75, 3.05) is 14.1 Å². The molecule has 0 aliphatic heterocycles. The van der Waals surface area contributed by atoms with Crippen molar-refractivity contribution in [3.05, 3.63) is 28.2 Å². The highest BCUT2D eigenvalue weighted by Crippen LogP contribution is 2.36. The third kappa shape index (κ3) is 1.85. The van der Waals surface area contributed by atoms with Gasteiger partial charge in [-0.2, -0.15) is 9.28 Å². The van der Waals surface area contributed by atoms with Crippen molar-refractivity contribution in [1.29, 1.82) is 0 Å². The van der Waals surface area contributed by atoms with E-state index < -0.39 is 10.6 Å². The predicted molar refractivity (Wildman–Crippen MR) is 58.1 cm³/mol. The van der Waals surface area contributed by atoms with Gasteiger partial charge in [0.2, 0.25) is 0 Å². The SMILES string of the molecule is C[N+](C)(C(=O)O)c1c(Cl)cccc1Cl. The molecule has 1 aromatic rings. The summed E-state index contributed by atoms with van der Waals surface area (Å²) in [4.78, 5) is 11.0. The number of benzene rings is 1. The Hall–Kier alpha value is -0.770. The minimum Gasteiger partial charge on any atom is -0.435 e. The van der Waals surface area contributed by atoms with Gasteiger partial charge in [0.15, 0.2) is 5.69 Å². The number of rotatable bonds is 1. The van der Waals surface area contributed by atoms with E-state index >= 15 is 0 Å². The fourth-order valence-corrected chi connectivity index (χ4v) is 1.94. The quantitative estimate of drug-likeness (QED) is 0.758. The third-order valence-electron chi connectivity index (χ3n) is 1.97. The highest BCUT2D eigenvalue weighted by atomic mass is 35.5. The topological polar surface area (TPSA) is 37.3 Å². The summed E-state index contributed by atoms with van der Waals surface area (Å²) < 4.78 is -0.390. The molecule has 0 atom stereocenters. The van der Waals surface area contributed by atoms with Crippen LogP contribution in [-0.2, 0) is 0 Å². The average Bonchev–Trinajstić information content (AvgIpc) is 2.02. The summed E-state index contributed by atoms with van der Waals surface area (Å²) in [5, 5.41) is 9.70. The molecular formula is C9H10Cl2NO2+. The van der Waals surface area contributed by atoms with E-state index in [2.05, 4.69) is 0 Å². The van der Waals surface area contributed by atoms with Crippen molar-refractivity contribution >= 4 is 35.0 Å². The van der Waals surface area contributed by atoms with Crippen LogP contribution in [0.25, 0.3) is 0 Å². The van der Waals surface area contributed by atoms with Gasteiger partial charge in [0.1, 0.15) is 10.0 Å². The summed E-state index contributed by atoms with van der Waals surface area (Å²) in [5.41, 5.74) is 0.392.